The molecule has 2 aromatic rings. The molecule has 168 valence electrons. The molecule has 0 amide bonds. The molecule has 7 heteroatoms. The van der Waals surface area contributed by atoms with Crippen molar-refractivity contribution in [3.63, 3.8) is 0 Å². The lowest BCUT2D eigenvalue weighted by Crippen LogP contribution is -2.12. The van der Waals surface area contributed by atoms with Gasteiger partial charge in [0.15, 0.2) is 5.78 Å². The second-order valence-corrected chi connectivity index (χ2v) is 7.24. The molecule has 0 saturated heterocycles. The zero-order chi connectivity index (χ0) is 23.3. The molecule has 2 aromatic carbocycles. The average Bonchev–Trinajstić information content (AvgIpc) is 2.79. The van der Waals surface area contributed by atoms with Crippen LogP contribution in [-0.2, 0) is 14.3 Å². The Balaban J connectivity index is 1.74. The number of hydrogen-bond acceptors (Lipinski definition) is 7. The van der Waals surface area contributed by atoms with Crippen molar-refractivity contribution in [2.75, 3.05) is 25.1 Å². The molecule has 32 heavy (non-hydrogen) atoms. The number of rotatable bonds is 13. The summed E-state index contributed by atoms with van der Waals surface area (Å²) in [5.41, 5.74) is 3.34. The highest BCUT2D eigenvalue weighted by Crippen LogP contribution is 2.22. The molecule has 2 rings (SSSR count). The zero-order valence-corrected chi connectivity index (χ0v) is 18.6. The Morgan fingerprint density at radius 1 is 0.875 bits per heavy atom. The Hall–Kier alpha value is -3.74. The van der Waals surface area contributed by atoms with Crippen molar-refractivity contribution in [1.29, 1.82) is 0 Å². The van der Waals surface area contributed by atoms with E-state index in [-0.39, 0.29) is 19.0 Å². The molecule has 0 spiro atoms. The summed E-state index contributed by atoms with van der Waals surface area (Å²) in [5.74, 6) is 0.324. The number of allylic oxidation sites excluding steroid dienone is 1. The molecule has 0 bridgehead atoms. The van der Waals surface area contributed by atoms with Gasteiger partial charge in [-0.05, 0) is 74.4 Å². The Kier molecular flexibility index (Phi) is 9.84. The lowest BCUT2D eigenvalue weighted by Gasteiger charge is -2.07. The van der Waals surface area contributed by atoms with Crippen LogP contribution in [0.25, 0.3) is 0 Å². The fourth-order valence-electron chi connectivity index (χ4n) is 2.48. The maximum Gasteiger partial charge on any atom is 0.333 e. The number of benzene rings is 2. The first-order valence-corrected chi connectivity index (χ1v) is 10.3. The number of ketones is 1. The third-order valence-corrected chi connectivity index (χ3v) is 4.30. The van der Waals surface area contributed by atoms with Crippen molar-refractivity contribution in [2.45, 2.75) is 26.7 Å². The first kappa shape index (κ1) is 24.5. The van der Waals surface area contributed by atoms with Gasteiger partial charge in [0.1, 0.15) is 19.0 Å². The molecule has 0 saturated carbocycles. The summed E-state index contributed by atoms with van der Waals surface area (Å²) in [7, 11) is 0. The number of Topliss-reactive ketones (excluding diaryl/α,β-unsaturated/α-hetero) is 1. The second-order valence-electron chi connectivity index (χ2n) is 7.24. The van der Waals surface area contributed by atoms with Crippen molar-refractivity contribution in [1.82, 2.24) is 0 Å². The molecule has 0 aromatic heterocycles. The van der Waals surface area contributed by atoms with Crippen molar-refractivity contribution in [3.05, 3.63) is 72.8 Å². The number of hydrogen-bond donors (Lipinski definition) is 1. The highest BCUT2D eigenvalue weighted by atomic mass is 16.6. The molecular formula is C25H29N3O4. The van der Waals surface area contributed by atoms with Crippen LogP contribution >= 0.6 is 0 Å². The number of nitrogens with one attached hydrogen (secondary N) is 1. The molecular weight excluding hydrogens is 406 g/mol. The predicted molar refractivity (Wildman–Crippen MR) is 126 cm³/mol. The van der Waals surface area contributed by atoms with Crippen molar-refractivity contribution < 1.29 is 19.1 Å². The Morgan fingerprint density at radius 2 is 1.47 bits per heavy atom. The molecule has 0 aliphatic heterocycles. The summed E-state index contributed by atoms with van der Waals surface area (Å²) in [6.45, 7) is 11.6. The zero-order valence-electron chi connectivity index (χ0n) is 18.6. The van der Waals surface area contributed by atoms with Crippen LogP contribution in [0.4, 0.5) is 17.1 Å². The Labute approximate surface area is 188 Å². The van der Waals surface area contributed by atoms with Gasteiger partial charge in [0.05, 0.1) is 11.4 Å². The highest BCUT2D eigenvalue weighted by Gasteiger charge is 2.03. The maximum absolute atomic E-state index is 11.5. The first-order chi connectivity index (χ1) is 15.3. The Morgan fingerprint density at radius 3 is 2.03 bits per heavy atom. The van der Waals surface area contributed by atoms with Crippen LogP contribution in [0.1, 0.15) is 26.7 Å². The van der Waals surface area contributed by atoms with Gasteiger partial charge < -0.3 is 14.8 Å². The van der Waals surface area contributed by atoms with E-state index in [2.05, 4.69) is 28.7 Å². The molecule has 0 aliphatic rings. The first-order valence-electron chi connectivity index (χ1n) is 10.3. The minimum absolute atomic E-state index is 0.103. The number of anilines is 1. The maximum atomic E-state index is 11.5. The fourth-order valence-corrected chi connectivity index (χ4v) is 2.48. The van der Waals surface area contributed by atoms with Crippen LogP contribution in [0.3, 0.4) is 0 Å². The SMILES string of the molecule is C=C(C)C(=O)CCCNc1ccc(N=Nc2ccc(OCCOC(=O)C(=C)C)cc2)cc1. The largest absolute Gasteiger partial charge is 0.490 e. The van der Waals surface area contributed by atoms with Gasteiger partial charge in [0, 0.05) is 24.2 Å². The van der Waals surface area contributed by atoms with Crippen LogP contribution in [0, 0.1) is 0 Å². The van der Waals surface area contributed by atoms with Crippen LogP contribution in [0.2, 0.25) is 0 Å². The van der Waals surface area contributed by atoms with E-state index >= 15 is 0 Å². The van der Waals surface area contributed by atoms with Gasteiger partial charge in [-0.2, -0.15) is 10.2 Å². The van der Waals surface area contributed by atoms with Crippen LogP contribution in [-0.4, -0.2) is 31.5 Å². The van der Waals surface area contributed by atoms with Gasteiger partial charge in [-0.15, -0.1) is 0 Å². The molecule has 1 N–H and O–H groups in total. The summed E-state index contributed by atoms with van der Waals surface area (Å²) >= 11 is 0. The van der Waals surface area contributed by atoms with Crippen LogP contribution < -0.4 is 10.1 Å². The van der Waals surface area contributed by atoms with Crippen LogP contribution in [0.15, 0.2) is 83.1 Å². The number of carbonyl (C=O) groups excluding carboxylic acids is 2. The second kappa shape index (κ2) is 12.8. The third-order valence-electron chi connectivity index (χ3n) is 4.30. The molecule has 0 atom stereocenters. The number of carbonyl (C=O) groups is 2. The normalized spacial score (nSPS) is 10.6. The van der Waals surface area contributed by atoms with E-state index in [4.69, 9.17) is 9.47 Å². The monoisotopic (exact) mass is 435 g/mol. The minimum atomic E-state index is -0.428. The molecule has 0 unspecified atom stereocenters. The summed E-state index contributed by atoms with van der Waals surface area (Å²) < 4.78 is 10.5. The van der Waals surface area contributed by atoms with E-state index in [0.717, 1.165) is 17.8 Å². The van der Waals surface area contributed by atoms with Crippen molar-refractivity contribution in [3.8, 4) is 5.75 Å². The highest BCUT2D eigenvalue weighted by molar-refractivity contribution is 5.94. The third kappa shape index (κ3) is 8.95. The summed E-state index contributed by atoms with van der Waals surface area (Å²) in [6.07, 6.45) is 1.26. The molecule has 0 heterocycles. The average molecular weight is 436 g/mol. The van der Waals surface area contributed by atoms with Gasteiger partial charge >= 0.3 is 5.97 Å². The number of ether oxygens (including phenoxy) is 2. The number of nitrogens with zero attached hydrogens (tertiary/aromatic N) is 2. The fraction of sp³-hybridized carbons (Fsp3) is 0.280. The van der Waals surface area contributed by atoms with Gasteiger partial charge in [-0.1, -0.05) is 13.2 Å². The topological polar surface area (TPSA) is 89.3 Å². The van der Waals surface area contributed by atoms with Gasteiger partial charge in [-0.25, -0.2) is 4.79 Å². The molecule has 0 fully saturated rings. The molecule has 7 nitrogen and oxygen atoms in total. The quantitative estimate of drug-likeness (QED) is 0.182. The predicted octanol–water partition coefficient (Wildman–Crippen LogP) is 5.94. The van der Waals surface area contributed by atoms with Crippen LogP contribution in [0.5, 0.6) is 5.75 Å². The van der Waals surface area contributed by atoms with E-state index in [1.807, 2.05) is 24.3 Å². The van der Waals surface area contributed by atoms with Gasteiger partial charge in [0.2, 0.25) is 0 Å². The van der Waals surface area contributed by atoms with E-state index in [1.54, 1.807) is 38.1 Å². The Bertz CT molecular complexity index is 884. The smallest absolute Gasteiger partial charge is 0.333 e. The lowest BCUT2D eigenvalue weighted by atomic mass is 10.1. The van der Waals surface area contributed by atoms with E-state index in [0.29, 0.717) is 35.5 Å². The van der Waals surface area contributed by atoms with E-state index in [1.165, 1.54) is 0 Å². The van der Waals surface area contributed by atoms with E-state index in [9.17, 15) is 9.59 Å². The summed E-state index contributed by atoms with van der Waals surface area (Å²) in [4.78, 5) is 22.8. The van der Waals surface area contributed by atoms with Gasteiger partial charge in [0.25, 0.3) is 0 Å². The number of azo groups is 1. The standard InChI is InChI=1S/C25H29N3O4/c1-18(2)24(29)6-5-15-26-20-7-9-21(10-8-20)27-28-22-11-13-23(14-12-22)31-16-17-32-25(30)19(3)4/h7-14,26H,1,3,5-6,15-17H2,2,4H3. The summed E-state index contributed by atoms with van der Waals surface area (Å²) in [6, 6.07) is 14.7. The number of esters is 1. The van der Waals surface area contributed by atoms with Crippen molar-refractivity contribution >= 4 is 28.8 Å². The lowest BCUT2D eigenvalue weighted by molar-refractivity contribution is -0.139. The molecule has 0 radical (unpaired) electrons. The van der Waals surface area contributed by atoms with Crippen molar-refractivity contribution in [2.24, 2.45) is 10.2 Å². The summed E-state index contributed by atoms with van der Waals surface area (Å²) in [5, 5.41) is 11.7. The van der Waals surface area contributed by atoms with E-state index < -0.39 is 5.97 Å². The minimum Gasteiger partial charge on any atom is -0.490 e. The molecule has 0 aliphatic carbocycles. The van der Waals surface area contributed by atoms with Gasteiger partial charge in [-0.3, -0.25) is 4.79 Å².